The number of benzene rings is 7. The number of fused-ring (bicyclic) bond motifs is 13. The maximum absolute atomic E-state index is 6.60. The molecule has 9 aromatic rings. The number of hydrogen-bond acceptors (Lipinski definition) is 1. The van der Waals surface area contributed by atoms with Crippen molar-refractivity contribution in [3.8, 4) is 11.1 Å². The lowest BCUT2D eigenvalue weighted by atomic mass is 9.95. The van der Waals surface area contributed by atoms with Crippen molar-refractivity contribution in [2.75, 3.05) is 0 Å². The molecule has 176 valence electrons. The Bertz CT molecular complexity index is 2400. The highest BCUT2D eigenvalue weighted by molar-refractivity contribution is 6.32. The number of aromatic amines is 1. The Hall–Kier alpha value is -5.08. The van der Waals surface area contributed by atoms with Gasteiger partial charge in [0.25, 0.3) is 0 Å². The van der Waals surface area contributed by atoms with Crippen LogP contribution in [0.5, 0.6) is 0 Å². The summed E-state index contributed by atoms with van der Waals surface area (Å²) in [5.74, 6) is 0. The minimum absolute atomic E-state index is 0.923. The van der Waals surface area contributed by atoms with Gasteiger partial charge < -0.3 is 9.40 Å². The van der Waals surface area contributed by atoms with E-state index in [1.165, 1.54) is 54.0 Å². The molecule has 2 aromatic heterocycles. The van der Waals surface area contributed by atoms with E-state index in [0.29, 0.717) is 0 Å². The van der Waals surface area contributed by atoms with Crippen molar-refractivity contribution in [2.24, 2.45) is 0 Å². The first kappa shape index (κ1) is 20.0. The number of para-hydroxylation sites is 2. The van der Waals surface area contributed by atoms with Gasteiger partial charge in [0, 0.05) is 38.1 Å². The normalized spacial score (nSPS) is 12.2. The van der Waals surface area contributed by atoms with Gasteiger partial charge in [-0.05, 0) is 33.0 Å². The van der Waals surface area contributed by atoms with Gasteiger partial charge in [-0.15, -0.1) is 0 Å². The van der Waals surface area contributed by atoms with Gasteiger partial charge in [-0.1, -0.05) is 115 Å². The van der Waals surface area contributed by atoms with Gasteiger partial charge in [0.15, 0.2) is 0 Å². The van der Waals surface area contributed by atoms with Crippen LogP contribution in [-0.4, -0.2) is 4.98 Å². The molecule has 0 aliphatic carbocycles. The second kappa shape index (κ2) is 7.24. The number of rotatable bonds is 1. The van der Waals surface area contributed by atoms with Gasteiger partial charge >= 0.3 is 0 Å². The summed E-state index contributed by atoms with van der Waals surface area (Å²) in [6.45, 7) is 0. The fourth-order valence-corrected chi connectivity index (χ4v) is 6.58. The van der Waals surface area contributed by atoms with E-state index in [0.717, 1.165) is 33.2 Å². The van der Waals surface area contributed by atoms with Crippen LogP contribution in [0.2, 0.25) is 0 Å². The molecule has 0 atom stereocenters. The quantitative estimate of drug-likeness (QED) is 0.231. The molecule has 1 N–H and O–H groups in total. The third kappa shape index (κ3) is 2.51. The molecule has 0 saturated carbocycles. The largest absolute Gasteiger partial charge is 0.455 e. The second-order valence-corrected chi connectivity index (χ2v) is 10.1. The fraction of sp³-hybridized carbons (Fsp3) is 0. The van der Waals surface area contributed by atoms with Crippen LogP contribution in [0.3, 0.4) is 0 Å². The van der Waals surface area contributed by atoms with E-state index < -0.39 is 0 Å². The zero-order valence-corrected chi connectivity index (χ0v) is 20.5. The maximum Gasteiger partial charge on any atom is 0.143 e. The van der Waals surface area contributed by atoms with Crippen molar-refractivity contribution >= 4 is 76.1 Å². The third-order valence-corrected chi connectivity index (χ3v) is 8.19. The summed E-state index contributed by atoms with van der Waals surface area (Å²) >= 11 is 0. The first-order chi connectivity index (χ1) is 18.9. The van der Waals surface area contributed by atoms with Gasteiger partial charge in [-0.25, -0.2) is 0 Å². The molecule has 2 heterocycles. The number of hydrogen-bond donors (Lipinski definition) is 1. The van der Waals surface area contributed by atoms with E-state index in [9.17, 15) is 0 Å². The Kier molecular flexibility index (Phi) is 3.82. The van der Waals surface area contributed by atoms with Gasteiger partial charge in [0.05, 0.1) is 11.0 Å². The summed E-state index contributed by atoms with van der Waals surface area (Å²) < 4.78 is 6.60. The topological polar surface area (TPSA) is 28.9 Å². The van der Waals surface area contributed by atoms with Crippen LogP contribution in [-0.2, 0) is 0 Å². The van der Waals surface area contributed by atoms with Crippen LogP contribution in [0.1, 0.15) is 0 Å². The summed E-state index contributed by atoms with van der Waals surface area (Å²) in [6.07, 6.45) is 0. The molecule has 0 spiro atoms. The van der Waals surface area contributed by atoms with E-state index >= 15 is 0 Å². The summed E-state index contributed by atoms with van der Waals surface area (Å²) in [7, 11) is 0. The molecule has 2 heteroatoms. The van der Waals surface area contributed by atoms with Crippen molar-refractivity contribution < 1.29 is 4.42 Å². The van der Waals surface area contributed by atoms with Gasteiger partial charge in [-0.2, -0.15) is 0 Å². The van der Waals surface area contributed by atoms with E-state index in [1.54, 1.807) is 0 Å². The zero-order valence-electron chi connectivity index (χ0n) is 20.5. The number of aromatic nitrogens is 1. The number of furan rings is 1. The molecule has 0 aliphatic heterocycles. The Morgan fingerprint density at radius 1 is 0.395 bits per heavy atom. The van der Waals surface area contributed by atoms with E-state index in [4.69, 9.17) is 4.42 Å². The molecule has 0 radical (unpaired) electrons. The van der Waals surface area contributed by atoms with E-state index in [2.05, 4.69) is 126 Å². The Morgan fingerprint density at radius 3 is 1.87 bits per heavy atom. The van der Waals surface area contributed by atoms with Gasteiger partial charge in [0.2, 0.25) is 0 Å². The highest BCUT2D eigenvalue weighted by Gasteiger charge is 2.19. The van der Waals surface area contributed by atoms with E-state index in [-0.39, 0.29) is 0 Å². The maximum atomic E-state index is 6.60. The average Bonchev–Trinajstić information content (AvgIpc) is 3.57. The fourth-order valence-electron chi connectivity index (χ4n) is 6.58. The van der Waals surface area contributed by atoms with Crippen molar-refractivity contribution in [2.45, 2.75) is 0 Å². The molecular formula is C36H21NO. The molecular weight excluding hydrogens is 462 g/mol. The van der Waals surface area contributed by atoms with Crippen LogP contribution < -0.4 is 0 Å². The Morgan fingerprint density at radius 2 is 1.03 bits per heavy atom. The van der Waals surface area contributed by atoms with Crippen LogP contribution in [0, 0.1) is 0 Å². The molecule has 38 heavy (non-hydrogen) atoms. The summed E-state index contributed by atoms with van der Waals surface area (Å²) in [5.41, 5.74) is 6.44. The van der Waals surface area contributed by atoms with Crippen molar-refractivity contribution in [3.05, 3.63) is 121 Å². The highest BCUT2D eigenvalue weighted by atomic mass is 16.3. The molecule has 9 rings (SSSR count). The Balaban J connectivity index is 1.44. The van der Waals surface area contributed by atoms with Gasteiger partial charge in [-0.3, -0.25) is 0 Å². The van der Waals surface area contributed by atoms with Crippen LogP contribution >= 0.6 is 0 Å². The standard InChI is InChI=1S/C36H21NO/c1-2-10-22-21(9-1)19-20-31-32(22)30-18-8-16-28(36(30)38-31)27-15-7-17-29-33-25-13-5-3-11-23(25)24-12-4-6-14-26(24)35(33)37-34(27)29/h1-20,37H. The SMILES string of the molecule is c1ccc2c(c1)ccc1oc3c(-c4cccc5c4[nH]c4c6ccccc6c6ccccc6c54)cccc3c12. The van der Waals surface area contributed by atoms with Crippen molar-refractivity contribution in [1.82, 2.24) is 4.98 Å². The van der Waals surface area contributed by atoms with Crippen LogP contribution in [0.25, 0.3) is 87.2 Å². The molecule has 0 bridgehead atoms. The monoisotopic (exact) mass is 483 g/mol. The molecule has 7 aromatic carbocycles. The van der Waals surface area contributed by atoms with E-state index in [1.807, 2.05) is 0 Å². The smallest absolute Gasteiger partial charge is 0.143 e. The predicted octanol–water partition coefficient (Wildman–Crippen LogP) is 10.3. The van der Waals surface area contributed by atoms with Crippen LogP contribution in [0.15, 0.2) is 126 Å². The lowest BCUT2D eigenvalue weighted by molar-refractivity contribution is 0.670. The molecule has 0 amide bonds. The van der Waals surface area contributed by atoms with Crippen molar-refractivity contribution in [3.63, 3.8) is 0 Å². The Labute approximate surface area is 217 Å². The molecule has 0 unspecified atom stereocenters. The first-order valence-electron chi connectivity index (χ1n) is 13.0. The second-order valence-electron chi connectivity index (χ2n) is 10.1. The molecule has 0 aliphatic rings. The average molecular weight is 484 g/mol. The summed E-state index contributed by atoms with van der Waals surface area (Å²) in [4.78, 5) is 3.87. The molecule has 0 saturated heterocycles. The first-order valence-corrected chi connectivity index (χ1v) is 13.0. The third-order valence-electron chi connectivity index (χ3n) is 8.19. The minimum Gasteiger partial charge on any atom is -0.455 e. The summed E-state index contributed by atoms with van der Waals surface area (Å²) in [5, 5.41) is 12.4. The molecule has 2 nitrogen and oxygen atoms in total. The van der Waals surface area contributed by atoms with Crippen molar-refractivity contribution in [1.29, 1.82) is 0 Å². The van der Waals surface area contributed by atoms with Crippen LogP contribution in [0.4, 0.5) is 0 Å². The van der Waals surface area contributed by atoms with Gasteiger partial charge in [0.1, 0.15) is 11.2 Å². The predicted molar refractivity (Wildman–Crippen MR) is 161 cm³/mol. The minimum atomic E-state index is 0.923. The zero-order chi connectivity index (χ0) is 24.8. The molecule has 0 fully saturated rings. The number of H-pyrrole nitrogens is 1. The highest BCUT2D eigenvalue weighted by Crippen LogP contribution is 2.44. The lowest BCUT2D eigenvalue weighted by Crippen LogP contribution is -1.81. The summed E-state index contributed by atoms with van der Waals surface area (Å²) in [6, 6.07) is 43.4. The lowest BCUT2D eigenvalue weighted by Gasteiger charge is -2.07. The number of nitrogens with one attached hydrogen (secondary N) is 1.